The van der Waals surface area contributed by atoms with Gasteiger partial charge in [-0.15, -0.1) is 0 Å². The second-order valence-electron chi connectivity index (χ2n) is 8.39. The van der Waals surface area contributed by atoms with E-state index in [0.717, 1.165) is 27.2 Å². The first-order chi connectivity index (χ1) is 15.7. The quantitative estimate of drug-likeness (QED) is 0.395. The van der Waals surface area contributed by atoms with Gasteiger partial charge in [0.2, 0.25) is 0 Å². The van der Waals surface area contributed by atoms with Crippen LogP contribution in [0.4, 0.5) is 5.69 Å². The zero-order valence-electron chi connectivity index (χ0n) is 18.2. The number of benzene rings is 1. The molecule has 33 heavy (non-hydrogen) atoms. The number of rotatable bonds is 7. The fraction of sp³-hybridized carbons (Fsp3) is 0.333. The van der Waals surface area contributed by atoms with E-state index in [0.29, 0.717) is 47.2 Å². The van der Waals surface area contributed by atoms with Crippen molar-refractivity contribution in [1.82, 2.24) is 33.8 Å². The van der Waals surface area contributed by atoms with Crippen LogP contribution in [0.25, 0.3) is 33.7 Å². The molecule has 5 rings (SSSR count). The molecule has 1 aliphatic rings. The average molecular weight is 487 g/mol. The lowest BCUT2D eigenvalue weighted by atomic mass is 10.1. The SMILES string of the molecule is CN(C)CCn1nc2cc(N)ccc2c1-c1ncc(Cl)c(-c2cnn(S(=O)(=O)C3CC3)c2)n1. The van der Waals surface area contributed by atoms with Gasteiger partial charge in [0.25, 0.3) is 10.0 Å². The van der Waals surface area contributed by atoms with E-state index in [1.807, 2.05) is 37.0 Å². The van der Waals surface area contributed by atoms with Gasteiger partial charge in [-0.1, -0.05) is 11.6 Å². The number of anilines is 1. The van der Waals surface area contributed by atoms with E-state index in [4.69, 9.17) is 27.4 Å². The standard InChI is InChI=1S/C21H23ClN8O2S/c1-28(2)7-8-29-20(16-6-3-14(23)9-18(16)27-29)21-24-11-17(22)19(26-21)13-10-25-30(12-13)33(31,32)15-4-5-15/h3,6,9-12,15H,4-5,7-8,23H2,1-2H3. The van der Waals surface area contributed by atoms with Crippen molar-refractivity contribution in [2.45, 2.75) is 24.6 Å². The number of nitrogen functional groups attached to an aromatic ring is 1. The molecule has 12 heteroatoms. The third-order valence-electron chi connectivity index (χ3n) is 5.52. The summed E-state index contributed by atoms with van der Waals surface area (Å²) < 4.78 is 27.9. The predicted molar refractivity (Wildman–Crippen MR) is 127 cm³/mol. The Morgan fingerprint density at radius 2 is 2.03 bits per heavy atom. The highest BCUT2D eigenvalue weighted by Gasteiger charge is 2.37. The van der Waals surface area contributed by atoms with Crippen LogP contribution in [0.5, 0.6) is 0 Å². The van der Waals surface area contributed by atoms with Crippen LogP contribution in [0.1, 0.15) is 12.8 Å². The Balaban J connectivity index is 1.61. The molecule has 0 radical (unpaired) electrons. The van der Waals surface area contributed by atoms with E-state index in [-0.39, 0.29) is 5.25 Å². The van der Waals surface area contributed by atoms with Gasteiger partial charge in [0.05, 0.1) is 46.6 Å². The van der Waals surface area contributed by atoms with Gasteiger partial charge in [-0.25, -0.2) is 18.4 Å². The average Bonchev–Trinajstić information content (AvgIpc) is 3.41. The number of fused-ring (bicyclic) bond motifs is 1. The molecule has 0 atom stereocenters. The van der Waals surface area contributed by atoms with Crippen molar-refractivity contribution in [2.75, 3.05) is 26.4 Å². The van der Waals surface area contributed by atoms with Crippen molar-refractivity contribution in [3.8, 4) is 22.8 Å². The smallest absolute Gasteiger partial charge is 0.256 e. The molecule has 172 valence electrons. The zero-order chi connectivity index (χ0) is 23.3. The molecule has 0 unspecified atom stereocenters. The van der Waals surface area contributed by atoms with Gasteiger partial charge in [0, 0.05) is 23.2 Å². The molecule has 0 bridgehead atoms. The summed E-state index contributed by atoms with van der Waals surface area (Å²) in [6.07, 6.45) is 5.74. The van der Waals surface area contributed by atoms with Crippen molar-refractivity contribution in [3.05, 3.63) is 41.8 Å². The maximum absolute atomic E-state index is 12.5. The lowest BCUT2D eigenvalue weighted by Gasteiger charge is -2.12. The number of nitrogens with two attached hydrogens (primary N) is 1. The fourth-order valence-electron chi connectivity index (χ4n) is 3.61. The van der Waals surface area contributed by atoms with Crippen molar-refractivity contribution in [2.24, 2.45) is 0 Å². The molecule has 1 aliphatic carbocycles. The summed E-state index contributed by atoms with van der Waals surface area (Å²) in [5.41, 5.74) is 8.97. The minimum absolute atomic E-state index is 0.301. The minimum Gasteiger partial charge on any atom is -0.399 e. The number of likely N-dealkylation sites (N-methyl/N-ethyl adjacent to an activating group) is 1. The molecule has 1 saturated carbocycles. The highest BCUT2D eigenvalue weighted by Crippen LogP contribution is 2.33. The largest absolute Gasteiger partial charge is 0.399 e. The van der Waals surface area contributed by atoms with Gasteiger partial charge in [-0.2, -0.15) is 14.3 Å². The van der Waals surface area contributed by atoms with Crippen molar-refractivity contribution in [1.29, 1.82) is 0 Å². The molecule has 0 aliphatic heterocycles. The maximum atomic E-state index is 12.5. The van der Waals surface area contributed by atoms with Gasteiger partial charge in [0.1, 0.15) is 5.69 Å². The molecule has 3 aromatic heterocycles. The van der Waals surface area contributed by atoms with E-state index in [2.05, 4.69) is 15.0 Å². The molecule has 0 saturated heterocycles. The zero-order valence-corrected chi connectivity index (χ0v) is 19.8. The molecule has 10 nitrogen and oxygen atoms in total. The number of hydrogen-bond acceptors (Lipinski definition) is 8. The first-order valence-electron chi connectivity index (χ1n) is 10.5. The fourth-order valence-corrected chi connectivity index (χ4v) is 5.29. The van der Waals surface area contributed by atoms with Crippen LogP contribution >= 0.6 is 11.6 Å². The summed E-state index contributed by atoms with van der Waals surface area (Å²) in [7, 11) is 0.497. The van der Waals surface area contributed by atoms with E-state index >= 15 is 0 Å². The monoisotopic (exact) mass is 486 g/mol. The highest BCUT2D eigenvalue weighted by atomic mass is 35.5. The van der Waals surface area contributed by atoms with Gasteiger partial charge in [-0.05, 0) is 45.1 Å². The summed E-state index contributed by atoms with van der Waals surface area (Å²) in [5, 5.41) is 9.56. The normalized spacial score (nSPS) is 14.4. The van der Waals surface area contributed by atoms with E-state index in [1.165, 1.54) is 18.6 Å². The van der Waals surface area contributed by atoms with Crippen molar-refractivity contribution in [3.63, 3.8) is 0 Å². The Bertz CT molecular complexity index is 1460. The summed E-state index contributed by atoms with van der Waals surface area (Å²) in [6.45, 7) is 1.39. The van der Waals surface area contributed by atoms with Crippen molar-refractivity contribution < 1.29 is 8.42 Å². The van der Waals surface area contributed by atoms with Crippen LogP contribution in [0.3, 0.4) is 0 Å². The van der Waals surface area contributed by atoms with Gasteiger partial charge in [-0.3, -0.25) is 4.68 Å². The summed E-state index contributed by atoms with van der Waals surface area (Å²) in [5.74, 6) is 0.429. The van der Waals surface area contributed by atoms with Gasteiger partial charge < -0.3 is 10.6 Å². The van der Waals surface area contributed by atoms with E-state index in [1.54, 1.807) is 0 Å². The van der Waals surface area contributed by atoms with Gasteiger partial charge in [0.15, 0.2) is 5.82 Å². The van der Waals surface area contributed by atoms with Crippen LogP contribution < -0.4 is 5.73 Å². The molecule has 2 N–H and O–H groups in total. The van der Waals surface area contributed by atoms with Crippen LogP contribution in [0, 0.1) is 0 Å². The second kappa shape index (κ2) is 8.08. The van der Waals surface area contributed by atoms with Crippen LogP contribution in [0.15, 0.2) is 36.8 Å². The molecular formula is C21H23ClN8O2S. The second-order valence-corrected chi connectivity index (χ2v) is 10.9. The summed E-state index contributed by atoms with van der Waals surface area (Å²) in [4.78, 5) is 11.2. The van der Waals surface area contributed by atoms with Crippen LogP contribution in [0.2, 0.25) is 5.02 Å². The Morgan fingerprint density at radius 3 is 2.76 bits per heavy atom. The first-order valence-corrected chi connectivity index (χ1v) is 12.4. The molecular weight excluding hydrogens is 464 g/mol. The van der Waals surface area contributed by atoms with Crippen LogP contribution in [-0.4, -0.2) is 68.1 Å². The molecule has 0 amide bonds. The number of hydrogen-bond donors (Lipinski definition) is 1. The van der Waals surface area contributed by atoms with E-state index < -0.39 is 10.0 Å². The Kier molecular flexibility index (Phi) is 5.34. The minimum atomic E-state index is -3.49. The predicted octanol–water partition coefficient (Wildman–Crippen LogP) is 2.49. The van der Waals surface area contributed by atoms with Crippen LogP contribution in [-0.2, 0) is 16.6 Å². The van der Waals surface area contributed by atoms with Crippen molar-refractivity contribution >= 4 is 38.2 Å². The molecule has 1 fully saturated rings. The number of aromatic nitrogens is 6. The first kappa shape index (κ1) is 21.8. The Labute approximate surface area is 196 Å². The highest BCUT2D eigenvalue weighted by molar-refractivity contribution is 7.90. The molecule has 3 heterocycles. The van der Waals surface area contributed by atoms with E-state index in [9.17, 15) is 8.42 Å². The topological polar surface area (TPSA) is 125 Å². The molecule has 4 aromatic rings. The lowest BCUT2D eigenvalue weighted by Crippen LogP contribution is -2.19. The molecule has 1 aromatic carbocycles. The maximum Gasteiger partial charge on any atom is 0.256 e. The Morgan fingerprint density at radius 1 is 1.24 bits per heavy atom. The molecule has 0 spiro atoms. The summed E-state index contributed by atoms with van der Waals surface area (Å²) in [6, 6.07) is 5.53. The number of halogens is 1. The van der Waals surface area contributed by atoms with Gasteiger partial charge >= 0.3 is 0 Å². The lowest BCUT2D eigenvalue weighted by molar-refractivity contribution is 0.375. The Hall–Kier alpha value is -3.02. The third kappa shape index (κ3) is 4.07. The summed E-state index contributed by atoms with van der Waals surface area (Å²) >= 11 is 6.41. The third-order valence-corrected chi connectivity index (χ3v) is 7.83. The number of nitrogens with zero attached hydrogens (tertiary/aromatic N) is 7.